The third-order valence-corrected chi connectivity index (χ3v) is 15.0. The lowest BCUT2D eigenvalue weighted by molar-refractivity contribution is 0.677. The minimum Gasteiger partial charge on any atom is -0.0767 e. The minimum atomic E-state index is 0.204. The van der Waals surface area contributed by atoms with Crippen molar-refractivity contribution in [1.82, 2.24) is 0 Å². The zero-order valence-corrected chi connectivity index (χ0v) is 36.7. The van der Waals surface area contributed by atoms with Gasteiger partial charge in [0.25, 0.3) is 0 Å². The first kappa shape index (κ1) is 38.6. The number of benzene rings is 7. The molecule has 0 aromatic heterocycles. The molecule has 0 heteroatoms. The van der Waals surface area contributed by atoms with Crippen LogP contribution in [0.5, 0.6) is 0 Å². The fourth-order valence-corrected chi connectivity index (χ4v) is 12.1. The fourth-order valence-electron chi connectivity index (χ4n) is 12.1. The Balaban J connectivity index is 0.933. The lowest BCUT2D eigenvalue weighted by Crippen LogP contribution is -2.40. The van der Waals surface area contributed by atoms with Gasteiger partial charge in [-0.3, -0.25) is 0 Å². The number of hydrogen-bond donors (Lipinski definition) is 0. The van der Waals surface area contributed by atoms with Gasteiger partial charge in [-0.2, -0.15) is 0 Å². The number of hydrogen-bond acceptors (Lipinski definition) is 0. The van der Waals surface area contributed by atoms with Crippen LogP contribution in [0.3, 0.4) is 0 Å². The molecule has 0 aliphatic heterocycles. The van der Waals surface area contributed by atoms with Gasteiger partial charge in [0.05, 0.1) is 0 Å². The molecule has 0 nitrogen and oxygen atoms in total. The number of fused-ring (bicyclic) bond motifs is 6. The summed E-state index contributed by atoms with van der Waals surface area (Å²) in [5, 5.41) is 7.74. The summed E-state index contributed by atoms with van der Waals surface area (Å²) < 4.78 is 0. The summed E-state index contributed by atoms with van der Waals surface area (Å²) in [6.45, 7) is 0. The van der Waals surface area contributed by atoms with Crippen molar-refractivity contribution in [3.05, 3.63) is 288 Å². The van der Waals surface area contributed by atoms with E-state index in [1.807, 2.05) is 0 Å². The maximum absolute atomic E-state index is 2.45. The third-order valence-electron chi connectivity index (χ3n) is 15.0. The Hall–Kier alpha value is -7.80. The summed E-state index contributed by atoms with van der Waals surface area (Å²) in [4.78, 5) is 0. The molecule has 0 amide bonds. The van der Waals surface area contributed by atoms with Crippen LogP contribution in [0.4, 0.5) is 0 Å². The Bertz CT molecular complexity index is 3550. The maximum atomic E-state index is 2.45. The second kappa shape index (κ2) is 16.0. The number of allylic oxidation sites excluding steroid dienone is 20. The smallest absolute Gasteiger partial charge is 0.0137 e. The van der Waals surface area contributed by atoms with Gasteiger partial charge >= 0.3 is 0 Å². The van der Waals surface area contributed by atoms with E-state index >= 15 is 0 Å². The molecule has 7 aromatic carbocycles. The van der Waals surface area contributed by atoms with E-state index < -0.39 is 0 Å². The van der Waals surface area contributed by atoms with Gasteiger partial charge in [0.2, 0.25) is 0 Å². The first-order chi connectivity index (χ1) is 32.8. The molecule has 6 aliphatic carbocycles. The topological polar surface area (TPSA) is 0 Å². The lowest BCUT2D eigenvalue weighted by Gasteiger charge is -2.34. The van der Waals surface area contributed by atoms with Crippen molar-refractivity contribution in [2.24, 2.45) is 35.5 Å². The molecule has 0 saturated heterocycles. The average Bonchev–Trinajstić information content (AvgIpc) is 3.39. The normalized spacial score (nSPS) is 23.1. The average molecular weight is 841 g/mol. The summed E-state index contributed by atoms with van der Waals surface area (Å²) in [7, 11) is 0. The van der Waals surface area contributed by atoms with Crippen LogP contribution in [0.25, 0.3) is 66.1 Å². The standard InChI is InChI=1S/C66H48/c1-3-25-51-43(17-1)19-15-35-53(51)47-21-13-23-49(41-47)65-59-31-9-5-27-55(59)63(56-28-6-10-32-60(56)65)45-37-39-46(40-38-45)64-57-29-7-11-33-61(57)66(62-34-12-8-30-58(62)64)50-24-14-22-48(42-50)54-36-16-20-44-18-2-4-26-52(44)54/h1-44,51-52,55,59H. The van der Waals surface area contributed by atoms with E-state index in [0.29, 0.717) is 23.7 Å². The van der Waals surface area contributed by atoms with Crippen molar-refractivity contribution in [3.63, 3.8) is 0 Å². The van der Waals surface area contributed by atoms with Crippen LogP contribution in [0.2, 0.25) is 0 Å². The quantitative estimate of drug-likeness (QED) is 0.146. The predicted molar refractivity (Wildman–Crippen MR) is 279 cm³/mol. The van der Waals surface area contributed by atoms with E-state index in [2.05, 4.69) is 255 Å². The van der Waals surface area contributed by atoms with Crippen molar-refractivity contribution in [3.8, 4) is 22.3 Å². The SMILES string of the molecule is C1=CC2C=CC=C(c3cccc(C4=c5ccccc5=C(c5ccc(-c6c7ccccc7c(-c7cccc(C8=CC=CC9C=CC=CC89)c7)c7ccccc67)cc5)C5C=CC=CC45)c3)C2C=C1. The van der Waals surface area contributed by atoms with Gasteiger partial charge in [0, 0.05) is 35.5 Å². The minimum absolute atomic E-state index is 0.204. The highest BCUT2D eigenvalue weighted by Gasteiger charge is 2.33. The van der Waals surface area contributed by atoms with E-state index in [1.54, 1.807) is 0 Å². The Labute approximate surface area is 387 Å². The van der Waals surface area contributed by atoms with Crippen LogP contribution < -0.4 is 10.4 Å². The maximum Gasteiger partial charge on any atom is 0.0137 e. The molecule has 0 spiro atoms. The summed E-state index contributed by atoms with van der Waals surface area (Å²) in [5.74, 6) is 1.94. The van der Waals surface area contributed by atoms with Gasteiger partial charge in [-0.25, -0.2) is 0 Å². The number of rotatable bonds is 6. The third kappa shape index (κ3) is 6.35. The summed E-state index contributed by atoms with van der Waals surface area (Å²) in [6, 6.07) is 55.3. The van der Waals surface area contributed by atoms with Gasteiger partial charge in [-0.15, -0.1) is 0 Å². The Kier molecular flexibility index (Phi) is 9.38. The highest BCUT2D eigenvalue weighted by molar-refractivity contribution is 6.21. The molecule has 0 saturated carbocycles. The molecule has 7 aromatic rings. The van der Waals surface area contributed by atoms with E-state index in [9.17, 15) is 0 Å². The van der Waals surface area contributed by atoms with Crippen LogP contribution in [-0.4, -0.2) is 0 Å². The second-order valence-corrected chi connectivity index (χ2v) is 18.5. The summed E-state index contributed by atoms with van der Waals surface area (Å²) >= 11 is 0. The van der Waals surface area contributed by atoms with Crippen LogP contribution in [0.15, 0.2) is 255 Å². The molecule has 0 bridgehead atoms. The molecule has 0 radical (unpaired) electrons. The van der Waals surface area contributed by atoms with Crippen molar-refractivity contribution in [1.29, 1.82) is 0 Å². The van der Waals surface area contributed by atoms with Gasteiger partial charge < -0.3 is 0 Å². The van der Waals surface area contributed by atoms with Crippen LogP contribution >= 0.6 is 0 Å². The van der Waals surface area contributed by atoms with Crippen molar-refractivity contribution >= 4 is 43.8 Å². The van der Waals surface area contributed by atoms with Gasteiger partial charge in [0.1, 0.15) is 0 Å². The van der Waals surface area contributed by atoms with E-state index in [-0.39, 0.29) is 11.8 Å². The summed E-state index contributed by atoms with van der Waals surface area (Å²) in [6.07, 6.45) is 41.2. The van der Waals surface area contributed by atoms with E-state index in [1.165, 1.54) is 98.8 Å². The molecule has 312 valence electrons. The van der Waals surface area contributed by atoms with Crippen LogP contribution in [0, 0.1) is 35.5 Å². The molecular formula is C66H48. The lowest BCUT2D eigenvalue weighted by atomic mass is 9.69. The van der Waals surface area contributed by atoms with Crippen LogP contribution in [0.1, 0.15) is 22.3 Å². The second-order valence-electron chi connectivity index (χ2n) is 18.5. The molecule has 66 heavy (non-hydrogen) atoms. The van der Waals surface area contributed by atoms with E-state index in [0.717, 1.165) is 0 Å². The monoisotopic (exact) mass is 840 g/mol. The zero-order chi connectivity index (χ0) is 43.6. The highest BCUT2D eigenvalue weighted by atomic mass is 14.4. The van der Waals surface area contributed by atoms with Crippen molar-refractivity contribution in [2.75, 3.05) is 0 Å². The van der Waals surface area contributed by atoms with Gasteiger partial charge in [0.15, 0.2) is 0 Å². The van der Waals surface area contributed by atoms with Gasteiger partial charge in [-0.05, 0) is 111 Å². The highest BCUT2D eigenvalue weighted by Crippen LogP contribution is 2.47. The predicted octanol–water partition coefficient (Wildman–Crippen LogP) is 14.7. The first-order valence-electron chi connectivity index (χ1n) is 23.7. The van der Waals surface area contributed by atoms with Crippen molar-refractivity contribution < 1.29 is 0 Å². The molecule has 0 fully saturated rings. The molecule has 0 N–H and O–H groups in total. The zero-order valence-electron chi connectivity index (χ0n) is 36.7. The summed E-state index contributed by atoms with van der Waals surface area (Å²) in [5.41, 5.74) is 15.8. The largest absolute Gasteiger partial charge is 0.0767 e. The fraction of sp³-hybridized carbons (Fsp3) is 0.0909. The first-order valence-corrected chi connectivity index (χ1v) is 23.7. The molecule has 6 atom stereocenters. The molecular weight excluding hydrogens is 793 g/mol. The Morgan fingerprint density at radius 3 is 1.17 bits per heavy atom. The Morgan fingerprint density at radius 2 is 0.636 bits per heavy atom. The molecule has 13 rings (SSSR count). The van der Waals surface area contributed by atoms with E-state index in [4.69, 9.17) is 0 Å². The molecule has 0 heterocycles. The van der Waals surface area contributed by atoms with Crippen LogP contribution in [-0.2, 0) is 0 Å². The molecule has 6 aliphatic rings. The molecule has 6 unspecified atom stereocenters. The Morgan fingerprint density at radius 1 is 0.258 bits per heavy atom. The van der Waals surface area contributed by atoms with Crippen molar-refractivity contribution in [2.45, 2.75) is 0 Å². The van der Waals surface area contributed by atoms with Gasteiger partial charge in [-0.1, -0.05) is 243 Å².